The van der Waals surface area contributed by atoms with E-state index < -0.39 is 0 Å². The predicted molar refractivity (Wildman–Crippen MR) is 64.0 cm³/mol. The Morgan fingerprint density at radius 2 is 2.27 bits per heavy atom. The molecule has 1 aliphatic carbocycles. The van der Waals surface area contributed by atoms with Crippen LogP contribution >= 0.6 is 11.6 Å². The Labute approximate surface area is 94.6 Å². The maximum absolute atomic E-state index is 6.24. The molecule has 0 bridgehead atoms. The molecule has 2 nitrogen and oxygen atoms in total. The van der Waals surface area contributed by atoms with Crippen molar-refractivity contribution in [2.24, 2.45) is 10.9 Å². The van der Waals surface area contributed by atoms with Gasteiger partial charge in [-0.1, -0.05) is 23.7 Å². The quantitative estimate of drug-likeness (QED) is 0.748. The summed E-state index contributed by atoms with van der Waals surface area (Å²) in [6.45, 7) is 1.86. The number of aliphatic imine (C=N–C) groups is 1. The molecule has 0 spiro atoms. The molecule has 3 heteroatoms. The van der Waals surface area contributed by atoms with Crippen molar-refractivity contribution in [2.75, 3.05) is 18.1 Å². The number of halogens is 1. The highest BCUT2D eigenvalue weighted by Gasteiger charge is 2.26. The molecule has 1 aliphatic heterocycles. The zero-order valence-corrected chi connectivity index (χ0v) is 9.24. The van der Waals surface area contributed by atoms with Crippen LogP contribution < -0.4 is 4.90 Å². The lowest BCUT2D eigenvalue weighted by Crippen LogP contribution is -2.29. The minimum Gasteiger partial charge on any atom is -0.350 e. The lowest BCUT2D eigenvalue weighted by atomic mass is 10.1. The number of rotatable bonds is 2. The van der Waals surface area contributed by atoms with Gasteiger partial charge < -0.3 is 4.90 Å². The third kappa shape index (κ3) is 1.74. The second-order valence-corrected chi connectivity index (χ2v) is 4.70. The first-order chi connectivity index (χ1) is 7.34. The molecule has 15 heavy (non-hydrogen) atoms. The molecular formula is C12H13ClN2. The first-order valence-corrected chi connectivity index (χ1v) is 5.75. The highest BCUT2D eigenvalue weighted by atomic mass is 35.5. The van der Waals surface area contributed by atoms with Gasteiger partial charge in [-0.05, 0) is 24.8 Å². The van der Waals surface area contributed by atoms with Crippen molar-refractivity contribution in [1.29, 1.82) is 0 Å². The van der Waals surface area contributed by atoms with E-state index in [2.05, 4.69) is 16.0 Å². The van der Waals surface area contributed by atoms with E-state index >= 15 is 0 Å². The van der Waals surface area contributed by atoms with Gasteiger partial charge in [-0.15, -0.1) is 0 Å². The first kappa shape index (κ1) is 9.22. The molecule has 0 radical (unpaired) electrons. The Hall–Kier alpha value is -1.02. The highest BCUT2D eigenvalue weighted by Crippen LogP contribution is 2.36. The monoisotopic (exact) mass is 220 g/mol. The fourth-order valence-electron chi connectivity index (χ4n) is 2.04. The summed E-state index contributed by atoms with van der Waals surface area (Å²) in [5.74, 6) is 0.863. The van der Waals surface area contributed by atoms with Gasteiger partial charge in [0.15, 0.2) is 0 Å². The van der Waals surface area contributed by atoms with Crippen molar-refractivity contribution < 1.29 is 0 Å². The van der Waals surface area contributed by atoms with Crippen LogP contribution in [0.2, 0.25) is 5.02 Å². The maximum Gasteiger partial charge on any atom is 0.110 e. The summed E-state index contributed by atoms with van der Waals surface area (Å²) in [5.41, 5.74) is 2.32. The van der Waals surface area contributed by atoms with Crippen molar-refractivity contribution in [3.05, 3.63) is 28.8 Å². The highest BCUT2D eigenvalue weighted by molar-refractivity contribution is 6.34. The molecule has 1 saturated carbocycles. The minimum atomic E-state index is 0.757. The normalized spacial score (nSPS) is 19.1. The Balaban J connectivity index is 1.96. The summed E-state index contributed by atoms with van der Waals surface area (Å²) in [6, 6.07) is 6.01. The number of fused-ring (bicyclic) bond motifs is 1. The summed E-state index contributed by atoms with van der Waals surface area (Å²) in [5, 5.41) is 0.847. The van der Waals surface area contributed by atoms with Crippen molar-refractivity contribution in [3.8, 4) is 0 Å². The van der Waals surface area contributed by atoms with Crippen LogP contribution in [0.3, 0.4) is 0 Å². The van der Waals surface area contributed by atoms with Crippen LogP contribution in [0.15, 0.2) is 23.2 Å². The molecule has 3 rings (SSSR count). The molecule has 0 amide bonds. The Bertz CT molecular complexity index is 410. The molecule has 78 valence electrons. The van der Waals surface area contributed by atoms with Gasteiger partial charge in [0.25, 0.3) is 0 Å². The lowest BCUT2D eigenvalue weighted by Gasteiger charge is -2.28. The molecule has 1 aromatic carbocycles. The number of hydrogen-bond acceptors (Lipinski definition) is 2. The van der Waals surface area contributed by atoms with E-state index in [0.29, 0.717) is 0 Å². The van der Waals surface area contributed by atoms with Crippen LogP contribution in [0.4, 0.5) is 5.69 Å². The Morgan fingerprint density at radius 3 is 3.07 bits per heavy atom. The van der Waals surface area contributed by atoms with Gasteiger partial charge in [0, 0.05) is 18.3 Å². The molecule has 1 fully saturated rings. The number of para-hydroxylation sites is 1. The molecule has 0 saturated heterocycles. The van der Waals surface area contributed by atoms with Crippen LogP contribution in [0.1, 0.15) is 18.4 Å². The average molecular weight is 221 g/mol. The predicted octanol–water partition coefficient (Wildman–Crippen LogP) is 2.95. The van der Waals surface area contributed by atoms with Gasteiger partial charge in [-0.3, -0.25) is 4.99 Å². The standard InChI is InChI=1S/C12H13ClN2/c13-11-3-1-2-10-6-14-8-15(12(10)11)7-9-4-5-9/h1-3,6,9H,4-5,7-8H2. The zero-order chi connectivity index (χ0) is 10.3. The lowest BCUT2D eigenvalue weighted by molar-refractivity contribution is 0.728. The van der Waals surface area contributed by atoms with E-state index in [-0.39, 0.29) is 0 Å². The van der Waals surface area contributed by atoms with Crippen LogP contribution in [0.25, 0.3) is 0 Å². The summed E-state index contributed by atoms with van der Waals surface area (Å²) in [6.07, 6.45) is 4.64. The Kier molecular flexibility index (Phi) is 2.17. The first-order valence-electron chi connectivity index (χ1n) is 5.38. The topological polar surface area (TPSA) is 15.6 Å². The summed E-state index contributed by atoms with van der Waals surface area (Å²) >= 11 is 6.24. The van der Waals surface area contributed by atoms with E-state index in [1.54, 1.807) is 0 Å². The van der Waals surface area contributed by atoms with E-state index in [4.69, 9.17) is 11.6 Å². The van der Waals surface area contributed by atoms with Crippen molar-refractivity contribution in [1.82, 2.24) is 0 Å². The smallest absolute Gasteiger partial charge is 0.110 e. The van der Waals surface area contributed by atoms with Crippen molar-refractivity contribution >= 4 is 23.5 Å². The van der Waals surface area contributed by atoms with Crippen molar-refractivity contribution in [3.63, 3.8) is 0 Å². The van der Waals surface area contributed by atoms with Gasteiger partial charge >= 0.3 is 0 Å². The fraction of sp³-hybridized carbons (Fsp3) is 0.417. The van der Waals surface area contributed by atoms with Gasteiger partial charge in [-0.2, -0.15) is 0 Å². The number of nitrogens with zero attached hydrogens (tertiary/aromatic N) is 2. The molecule has 1 heterocycles. The fourth-order valence-corrected chi connectivity index (χ4v) is 2.34. The minimum absolute atomic E-state index is 0.757. The summed E-state index contributed by atoms with van der Waals surface area (Å²) in [4.78, 5) is 6.67. The second kappa shape index (κ2) is 3.53. The molecule has 0 N–H and O–H groups in total. The third-order valence-electron chi connectivity index (χ3n) is 2.99. The average Bonchev–Trinajstić information content (AvgIpc) is 3.02. The molecule has 2 aliphatic rings. The van der Waals surface area contributed by atoms with E-state index in [0.717, 1.165) is 29.7 Å². The van der Waals surface area contributed by atoms with Gasteiger partial charge in [0.05, 0.1) is 10.7 Å². The summed E-state index contributed by atoms with van der Waals surface area (Å²) < 4.78 is 0. The molecule has 1 aromatic rings. The number of hydrogen-bond donors (Lipinski definition) is 0. The van der Waals surface area contributed by atoms with Crippen LogP contribution in [0, 0.1) is 5.92 Å². The van der Waals surface area contributed by atoms with E-state index in [9.17, 15) is 0 Å². The van der Waals surface area contributed by atoms with Gasteiger partial charge in [-0.25, -0.2) is 0 Å². The molecule has 0 atom stereocenters. The van der Waals surface area contributed by atoms with Crippen LogP contribution in [-0.4, -0.2) is 19.4 Å². The Morgan fingerprint density at radius 1 is 1.40 bits per heavy atom. The maximum atomic E-state index is 6.24. The zero-order valence-electron chi connectivity index (χ0n) is 8.49. The number of benzene rings is 1. The largest absolute Gasteiger partial charge is 0.350 e. The SMILES string of the molecule is Clc1cccc2c1N(CC1CC1)CN=C2. The van der Waals surface area contributed by atoms with Gasteiger partial charge in [0.2, 0.25) is 0 Å². The molecule has 0 unspecified atom stereocenters. The number of anilines is 1. The third-order valence-corrected chi connectivity index (χ3v) is 3.30. The van der Waals surface area contributed by atoms with E-state index in [1.165, 1.54) is 18.5 Å². The van der Waals surface area contributed by atoms with Crippen LogP contribution in [0.5, 0.6) is 0 Å². The van der Waals surface area contributed by atoms with Crippen molar-refractivity contribution in [2.45, 2.75) is 12.8 Å². The molecule has 0 aromatic heterocycles. The van der Waals surface area contributed by atoms with Crippen LogP contribution in [-0.2, 0) is 0 Å². The molecular weight excluding hydrogens is 208 g/mol. The van der Waals surface area contributed by atoms with E-state index in [1.807, 2.05) is 18.3 Å². The summed E-state index contributed by atoms with van der Waals surface area (Å²) in [7, 11) is 0. The van der Waals surface area contributed by atoms with Gasteiger partial charge in [0.1, 0.15) is 6.67 Å². The second-order valence-electron chi connectivity index (χ2n) is 4.30.